The van der Waals surface area contributed by atoms with E-state index in [1.54, 1.807) is 6.33 Å². The Morgan fingerprint density at radius 3 is 1.16 bits per heavy atom. The Labute approximate surface area is 435 Å². The first-order chi connectivity index (χ1) is 37.2. The molecule has 3 nitrogen and oxygen atoms in total. The number of fused-ring (bicyclic) bond motifs is 9. The van der Waals surface area contributed by atoms with Crippen molar-refractivity contribution in [3.05, 3.63) is 324 Å². The Morgan fingerprint density at radius 2 is 0.667 bits per heavy atom. The molecule has 3 heteroatoms. The van der Waals surface area contributed by atoms with Crippen LogP contribution in [0.1, 0.15) is 44.5 Å². The molecule has 0 amide bonds. The van der Waals surface area contributed by atoms with E-state index in [-0.39, 0.29) is 0 Å². The molecule has 13 aromatic rings. The molecule has 0 saturated heterocycles. The van der Waals surface area contributed by atoms with Crippen molar-refractivity contribution < 1.29 is 4.42 Å². The molecule has 0 aliphatic heterocycles. The van der Waals surface area contributed by atoms with Crippen LogP contribution in [-0.4, -0.2) is 9.97 Å². The molecule has 0 N–H and O–H groups in total. The van der Waals surface area contributed by atoms with Gasteiger partial charge in [-0.25, -0.2) is 9.97 Å². The molecule has 11 aromatic carbocycles. The monoisotopic (exact) mass is 954 g/mol. The summed E-state index contributed by atoms with van der Waals surface area (Å²) < 4.78 is 6.73. The summed E-state index contributed by atoms with van der Waals surface area (Å²) in [6.45, 7) is 0. The summed E-state index contributed by atoms with van der Waals surface area (Å²) in [5.41, 5.74) is 25.1. The van der Waals surface area contributed by atoms with Gasteiger partial charge in [0, 0.05) is 10.9 Å². The molecular weight excluding hydrogens is 909 g/mol. The maximum atomic E-state index is 6.73. The highest BCUT2D eigenvalue weighted by atomic mass is 16.3. The molecule has 0 spiro atoms. The zero-order valence-corrected chi connectivity index (χ0v) is 40.9. The van der Waals surface area contributed by atoms with E-state index in [0.717, 1.165) is 55.6 Å². The molecule has 2 heterocycles. The molecule has 0 radical (unpaired) electrons. The minimum absolute atomic E-state index is 0.468. The number of benzene rings is 11. The first kappa shape index (κ1) is 42.9. The van der Waals surface area contributed by atoms with Gasteiger partial charge < -0.3 is 4.42 Å². The minimum Gasteiger partial charge on any atom is -0.452 e. The standard InChI is InChI=1S/C72H46N2O/c1-5-23-54(24-6-1)71(55-25-7-2-8-26-55)63-33-15-13-31-58(63)60-38-35-51(44-65(60)71)48-20-17-19-47(41-48)50-37-40-67-62(43-50)69-70(75-67)68(73-46-74-69)53-22-18-21-49(42-53)52-36-39-61-59-32-14-16-34-64(59)72(66(61)45-52,56-27-9-3-10-28-56)57-29-11-4-12-30-57/h1-46H. The van der Waals surface area contributed by atoms with E-state index in [0.29, 0.717) is 5.58 Å². The fraction of sp³-hybridized carbons (Fsp3) is 0.0278. The average molecular weight is 955 g/mol. The largest absolute Gasteiger partial charge is 0.452 e. The van der Waals surface area contributed by atoms with Crippen LogP contribution in [0.15, 0.2) is 284 Å². The summed E-state index contributed by atoms with van der Waals surface area (Å²) in [6.07, 6.45) is 1.67. The van der Waals surface area contributed by atoms with Gasteiger partial charge in [0.2, 0.25) is 0 Å². The predicted octanol–water partition coefficient (Wildman–Crippen LogP) is 17.8. The molecule has 2 aliphatic carbocycles. The van der Waals surface area contributed by atoms with Crippen molar-refractivity contribution >= 4 is 22.1 Å². The van der Waals surface area contributed by atoms with Gasteiger partial charge in [0.25, 0.3) is 0 Å². The molecule has 0 saturated carbocycles. The molecular formula is C72H46N2O. The number of hydrogen-bond acceptors (Lipinski definition) is 3. The lowest BCUT2D eigenvalue weighted by atomic mass is 9.67. The van der Waals surface area contributed by atoms with Crippen LogP contribution in [0.2, 0.25) is 0 Å². The molecule has 15 rings (SSSR count). The van der Waals surface area contributed by atoms with Gasteiger partial charge in [-0.15, -0.1) is 0 Å². The van der Waals surface area contributed by atoms with Gasteiger partial charge >= 0.3 is 0 Å². The topological polar surface area (TPSA) is 38.9 Å². The van der Waals surface area contributed by atoms with E-state index >= 15 is 0 Å². The second-order valence-electron chi connectivity index (χ2n) is 20.0. The Morgan fingerprint density at radius 1 is 0.280 bits per heavy atom. The lowest BCUT2D eigenvalue weighted by Gasteiger charge is -2.34. The normalized spacial score (nSPS) is 13.5. The van der Waals surface area contributed by atoms with Crippen molar-refractivity contribution in [2.24, 2.45) is 0 Å². The van der Waals surface area contributed by atoms with E-state index < -0.39 is 10.8 Å². The summed E-state index contributed by atoms with van der Waals surface area (Å²) in [5.74, 6) is 0. The van der Waals surface area contributed by atoms with Crippen molar-refractivity contribution in [2.45, 2.75) is 10.8 Å². The van der Waals surface area contributed by atoms with Gasteiger partial charge in [0.05, 0.1) is 10.8 Å². The molecule has 0 atom stereocenters. The third kappa shape index (κ3) is 6.41. The van der Waals surface area contributed by atoms with Gasteiger partial charge in [0.15, 0.2) is 5.58 Å². The Balaban J connectivity index is 0.803. The summed E-state index contributed by atoms with van der Waals surface area (Å²) in [6, 6.07) is 99.8. The molecule has 350 valence electrons. The summed E-state index contributed by atoms with van der Waals surface area (Å²) in [7, 11) is 0. The van der Waals surface area contributed by atoms with E-state index in [1.807, 2.05) is 0 Å². The van der Waals surface area contributed by atoms with Crippen LogP contribution < -0.4 is 0 Å². The third-order valence-electron chi connectivity index (χ3n) is 16.2. The zero-order valence-electron chi connectivity index (χ0n) is 40.9. The number of rotatable bonds is 8. The maximum Gasteiger partial charge on any atom is 0.180 e. The van der Waals surface area contributed by atoms with Gasteiger partial charge in [0.1, 0.15) is 23.1 Å². The van der Waals surface area contributed by atoms with E-state index in [4.69, 9.17) is 14.4 Å². The highest BCUT2D eigenvalue weighted by molar-refractivity contribution is 6.08. The quantitative estimate of drug-likeness (QED) is 0.152. The highest BCUT2D eigenvalue weighted by Crippen LogP contribution is 2.58. The Kier molecular flexibility index (Phi) is 9.70. The van der Waals surface area contributed by atoms with Crippen molar-refractivity contribution in [3.8, 4) is 66.9 Å². The first-order valence-electron chi connectivity index (χ1n) is 25.8. The average Bonchev–Trinajstić information content (AvgIpc) is 4.24. The van der Waals surface area contributed by atoms with Crippen LogP contribution in [0.3, 0.4) is 0 Å². The number of furan rings is 1. The zero-order chi connectivity index (χ0) is 49.5. The minimum atomic E-state index is -0.484. The molecule has 75 heavy (non-hydrogen) atoms. The number of hydrogen-bond donors (Lipinski definition) is 0. The Bertz CT molecular complexity index is 4270. The van der Waals surface area contributed by atoms with Crippen LogP contribution in [0.5, 0.6) is 0 Å². The van der Waals surface area contributed by atoms with E-state index in [2.05, 4.69) is 273 Å². The summed E-state index contributed by atoms with van der Waals surface area (Å²) in [5, 5.41) is 0.954. The van der Waals surface area contributed by atoms with Crippen molar-refractivity contribution in [3.63, 3.8) is 0 Å². The van der Waals surface area contributed by atoms with Gasteiger partial charge in [-0.2, -0.15) is 0 Å². The molecule has 0 unspecified atom stereocenters. The predicted molar refractivity (Wildman–Crippen MR) is 306 cm³/mol. The smallest absolute Gasteiger partial charge is 0.180 e. The molecule has 2 aliphatic rings. The fourth-order valence-electron chi connectivity index (χ4n) is 12.9. The Hall–Kier alpha value is -9.70. The lowest BCUT2D eigenvalue weighted by molar-refractivity contribution is 0.667. The number of nitrogens with zero attached hydrogens (tertiary/aromatic N) is 2. The van der Waals surface area contributed by atoms with E-state index in [1.165, 1.54) is 72.3 Å². The lowest BCUT2D eigenvalue weighted by Crippen LogP contribution is -2.28. The van der Waals surface area contributed by atoms with Crippen LogP contribution in [0, 0.1) is 0 Å². The molecule has 0 fully saturated rings. The van der Waals surface area contributed by atoms with Crippen molar-refractivity contribution in [2.75, 3.05) is 0 Å². The highest BCUT2D eigenvalue weighted by Gasteiger charge is 2.47. The maximum absolute atomic E-state index is 6.73. The summed E-state index contributed by atoms with van der Waals surface area (Å²) >= 11 is 0. The first-order valence-corrected chi connectivity index (χ1v) is 25.8. The fourth-order valence-corrected chi connectivity index (χ4v) is 12.9. The third-order valence-corrected chi connectivity index (χ3v) is 16.2. The van der Waals surface area contributed by atoms with E-state index in [9.17, 15) is 0 Å². The van der Waals surface area contributed by atoms with Gasteiger partial charge in [-0.1, -0.05) is 237 Å². The second-order valence-corrected chi connectivity index (χ2v) is 20.0. The van der Waals surface area contributed by atoms with Crippen molar-refractivity contribution in [1.29, 1.82) is 0 Å². The van der Waals surface area contributed by atoms with Crippen LogP contribution in [0.4, 0.5) is 0 Å². The SMILES string of the molecule is c1ccc(C2(c3ccccc3)c3ccccc3-c3ccc(-c4cccc(-c5ccc6oc7c(-c8cccc(-c9ccc%10c(c9)C(c9ccccc9)(c9ccccc9)c9ccccc9-%10)c8)ncnc7c6c5)c4)cc32)cc1. The van der Waals surface area contributed by atoms with Crippen LogP contribution >= 0.6 is 0 Å². The van der Waals surface area contributed by atoms with Gasteiger partial charge in [-0.05, 0) is 137 Å². The van der Waals surface area contributed by atoms with Crippen LogP contribution in [-0.2, 0) is 10.8 Å². The van der Waals surface area contributed by atoms with Crippen molar-refractivity contribution in [1.82, 2.24) is 9.97 Å². The molecule has 0 bridgehead atoms. The summed E-state index contributed by atoms with van der Waals surface area (Å²) in [4.78, 5) is 9.78. The second kappa shape index (κ2) is 16.9. The van der Waals surface area contributed by atoms with Crippen LogP contribution in [0.25, 0.3) is 89.0 Å². The number of aromatic nitrogens is 2. The van der Waals surface area contributed by atoms with Gasteiger partial charge in [-0.3, -0.25) is 0 Å². The molecule has 2 aromatic heterocycles.